The predicted octanol–water partition coefficient (Wildman–Crippen LogP) is 3.40. The number of amides is 1. The molecule has 4 nitrogen and oxygen atoms in total. The van der Waals surface area contributed by atoms with Gasteiger partial charge in [-0.3, -0.25) is 4.79 Å². The van der Waals surface area contributed by atoms with Crippen LogP contribution in [-0.4, -0.2) is 38.1 Å². The summed E-state index contributed by atoms with van der Waals surface area (Å²) < 4.78 is 31.7. The maximum Gasteiger partial charge on any atom is 0.251 e. The third kappa shape index (κ3) is 5.00. The smallest absolute Gasteiger partial charge is 0.251 e. The first-order valence-corrected chi connectivity index (χ1v) is 8.04. The molecule has 0 aromatic heterocycles. The zero-order chi connectivity index (χ0) is 18.4. The van der Waals surface area contributed by atoms with Gasteiger partial charge in [0.1, 0.15) is 5.75 Å². The highest BCUT2D eigenvalue weighted by atomic mass is 19.2. The van der Waals surface area contributed by atoms with Crippen LogP contribution in [0.5, 0.6) is 5.75 Å². The number of hydrogen-bond donors (Lipinski definition) is 1. The van der Waals surface area contributed by atoms with E-state index >= 15 is 0 Å². The van der Waals surface area contributed by atoms with Crippen molar-refractivity contribution >= 4 is 5.91 Å². The summed E-state index contributed by atoms with van der Waals surface area (Å²) in [4.78, 5) is 14.1. The molecule has 0 fully saturated rings. The number of nitrogens with zero attached hydrogens (tertiary/aromatic N) is 1. The van der Waals surface area contributed by atoms with Crippen LogP contribution in [0, 0.1) is 11.6 Å². The van der Waals surface area contributed by atoms with Gasteiger partial charge in [0.15, 0.2) is 11.6 Å². The number of nitrogens with one attached hydrogen (secondary N) is 1. The lowest BCUT2D eigenvalue weighted by molar-refractivity contribution is 0.0941. The van der Waals surface area contributed by atoms with Crippen molar-refractivity contribution < 1.29 is 18.3 Å². The zero-order valence-electron chi connectivity index (χ0n) is 14.6. The second kappa shape index (κ2) is 8.58. The number of benzene rings is 2. The van der Waals surface area contributed by atoms with Gasteiger partial charge in [-0.1, -0.05) is 12.1 Å². The van der Waals surface area contributed by atoms with E-state index in [1.165, 1.54) is 6.07 Å². The molecule has 1 N–H and O–H groups in total. The molecule has 0 aliphatic rings. The summed E-state index contributed by atoms with van der Waals surface area (Å²) >= 11 is 0. The number of carbonyl (C=O) groups excluding carboxylic acids is 1. The Bertz CT molecular complexity index is 718. The fraction of sp³-hybridized carbons (Fsp3) is 0.316. The van der Waals surface area contributed by atoms with Crippen LogP contribution < -0.4 is 10.1 Å². The molecule has 6 heteroatoms. The van der Waals surface area contributed by atoms with Gasteiger partial charge >= 0.3 is 0 Å². The van der Waals surface area contributed by atoms with Crippen LogP contribution >= 0.6 is 0 Å². The minimum Gasteiger partial charge on any atom is -0.494 e. The van der Waals surface area contributed by atoms with Gasteiger partial charge in [-0.15, -0.1) is 0 Å². The van der Waals surface area contributed by atoms with Gasteiger partial charge in [0.2, 0.25) is 0 Å². The number of rotatable bonds is 7. The van der Waals surface area contributed by atoms with Gasteiger partial charge in [0.05, 0.1) is 12.6 Å². The molecule has 0 aliphatic carbocycles. The number of likely N-dealkylation sites (N-methyl/N-ethyl adjacent to an activating group) is 1. The maximum atomic E-state index is 13.3. The van der Waals surface area contributed by atoms with E-state index in [-0.39, 0.29) is 11.6 Å². The lowest BCUT2D eigenvalue weighted by Crippen LogP contribution is -2.34. The summed E-state index contributed by atoms with van der Waals surface area (Å²) in [6.45, 7) is 2.85. The van der Waals surface area contributed by atoms with Crippen molar-refractivity contribution in [1.82, 2.24) is 10.2 Å². The second-order valence-electron chi connectivity index (χ2n) is 5.82. The lowest BCUT2D eigenvalue weighted by Gasteiger charge is -2.25. The summed E-state index contributed by atoms with van der Waals surface area (Å²) in [5.74, 6) is -1.67. The summed E-state index contributed by atoms with van der Waals surface area (Å²) in [6.07, 6.45) is 0. The predicted molar refractivity (Wildman–Crippen MR) is 92.7 cm³/mol. The number of halogens is 2. The Balaban J connectivity index is 2.06. The molecule has 2 rings (SSSR count). The van der Waals surface area contributed by atoms with Crippen LogP contribution in [0.2, 0.25) is 0 Å². The van der Waals surface area contributed by atoms with Gasteiger partial charge in [-0.2, -0.15) is 0 Å². The summed E-state index contributed by atoms with van der Waals surface area (Å²) in [5.41, 5.74) is 1.10. The Hall–Kier alpha value is -2.47. The average molecular weight is 348 g/mol. The fourth-order valence-electron chi connectivity index (χ4n) is 2.48. The van der Waals surface area contributed by atoms with E-state index in [0.717, 1.165) is 23.4 Å². The molecular weight excluding hydrogens is 326 g/mol. The Labute approximate surface area is 146 Å². The lowest BCUT2D eigenvalue weighted by atomic mass is 10.1. The Morgan fingerprint density at radius 1 is 1.12 bits per heavy atom. The normalized spacial score (nSPS) is 12.1. The minimum absolute atomic E-state index is 0.0649. The van der Waals surface area contributed by atoms with Crippen LogP contribution in [0.15, 0.2) is 42.5 Å². The molecule has 0 aliphatic heterocycles. The maximum absolute atomic E-state index is 13.3. The standard InChI is InChI=1S/C19H22F2N2O2/c1-4-25-15-8-5-13(6-9-15)18(23(2)3)12-22-19(24)14-7-10-16(20)17(21)11-14/h5-11,18H,4,12H2,1-3H3,(H,22,24). The molecule has 0 spiro atoms. The summed E-state index contributed by atoms with van der Waals surface area (Å²) in [6, 6.07) is 10.7. The Morgan fingerprint density at radius 3 is 2.36 bits per heavy atom. The summed E-state index contributed by atoms with van der Waals surface area (Å²) in [7, 11) is 3.82. The molecule has 0 saturated heterocycles. The highest BCUT2D eigenvalue weighted by Crippen LogP contribution is 2.21. The van der Waals surface area contributed by atoms with Crippen molar-refractivity contribution in [1.29, 1.82) is 0 Å². The molecule has 2 aromatic carbocycles. The van der Waals surface area contributed by atoms with Crippen molar-refractivity contribution in [3.05, 3.63) is 65.2 Å². The minimum atomic E-state index is -1.04. The van der Waals surface area contributed by atoms with Crippen molar-refractivity contribution in [2.45, 2.75) is 13.0 Å². The highest BCUT2D eigenvalue weighted by Gasteiger charge is 2.17. The first kappa shape index (κ1) is 18.9. The van der Waals surface area contributed by atoms with Gasteiger partial charge in [0, 0.05) is 12.1 Å². The van der Waals surface area contributed by atoms with E-state index in [4.69, 9.17) is 4.74 Å². The quantitative estimate of drug-likeness (QED) is 0.834. The van der Waals surface area contributed by atoms with Gasteiger partial charge in [-0.25, -0.2) is 8.78 Å². The van der Waals surface area contributed by atoms with E-state index in [2.05, 4.69) is 5.32 Å². The second-order valence-corrected chi connectivity index (χ2v) is 5.82. The Kier molecular flexibility index (Phi) is 6.47. The number of hydrogen-bond acceptors (Lipinski definition) is 3. The monoisotopic (exact) mass is 348 g/mol. The molecule has 0 saturated carbocycles. The van der Waals surface area contributed by atoms with Crippen molar-refractivity contribution in [2.24, 2.45) is 0 Å². The molecule has 0 radical (unpaired) electrons. The van der Waals surface area contributed by atoms with Gasteiger partial charge in [0.25, 0.3) is 5.91 Å². The van der Waals surface area contributed by atoms with E-state index in [0.29, 0.717) is 13.2 Å². The van der Waals surface area contributed by atoms with Crippen molar-refractivity contribution in [3.63, 3.8) is 0 Å². The average Bonchev–Trinajstić information content (AvgIpc) is 2.58. The summed E-state index contributed by atoms with van der Waals surface area (Å²) in [5, 5.41) is 2.76. The molecule has 1 unspecified atom stereocenters. The first-order chi connectivity index (χ1) is 11.9. The number of carbonyl (C=O) groups is 1. The highest BCUT2D eigenvalue weighted by molar-refractivity contribution is 5.94. The molecule has 25 heavy (non-hydrogen) atoms. The molecule has 1 amide bonds. The van der Waals surface area contributed by atoms with E-state index in [9.17, 15) is 13.6 Å². The van der Waals surface area contributed by atoms with E-state index in [1.54, 1.807) is 0 Å². The van der Waals surface area contributed by atoms with Crippen molar-refractivity contribution in [2.75, 3.05) is 27.2 Å². The Morgan fingerprint density at radius 2 is 1.80 bits per heavy atom. The molecule has 2 aromatic rings. The zero-order valence-corrected chi connectivity index (χ0v) is 14.6. The molecule has 0 bridgehead atoms. The SMILES string of the molecule is CCOc1ccc(C(CNC(=O)c2ccc(F)c(F)c2)N(C)C)cc1. The van der Waals surface area contributed by atoms with E-state index < -0.39 is 17.5 Å². The number of ether oxygens (including phenoxy) is 1. The van der Waals surface area contributed by atoms with Crippen LogP contribution in [0.25, 0.3) is 0 Å². The van der Waals surface area contributed by atoms with Gasteiger partial charge in [-0.05, 0) is 56.9 Å². The molecular formula is C19H22F2N2O2. The van der Waals surface area contributed by atoms with Crippen molar-refractivity contribution in [3.8, 4) is 5.75 Å². The third-order valence-corrected chi connectivity index (χ3v) is 3.84. The van der Waals surface area contributed by atoms with Crippen LogP contribution in [0.4, 0.5) is 8.78 Å². The topological polar surface area (TPSA) is 41.6 Å². The molecule has 1 atom stereocenters. The molecule has 0 heterocycles. The molecule has 134 valence electrons. The van der Waals surface area contributed by atoms with Crippen LogP contribution in [0.1, 0.15) is 28.9 Å². The van der Waals surface area contributed by atoms with E-state index in [1.807, 2.05) is 50.2 Å². The fourth-order valence-corrected chi connectivity index (χ4v) is 2.48. The third-order valence-electron chi connectivity index (χ3n) is 3.84. The van der Waals surface area contributed by atoms with Crippen LogP contribution in [-0.2, 0) is 0 Å². The largest absolute Gasteiger partial charge is 0.494 e. The van der Waals surface area contributed by atoms with Gasteiger partial charge < -0.3 is 15.0 Å². The van der Waals surface area contributed by atoms with Crippen LogP contribution in [0.3, 0.4) is 0 Å². The first-order valence-electron chi connectivity index (χ1n) is 8.04.